The predicted molar refractivity (Wildman–Crippen MR) is 84.6 cm³/mol. The van der Waals surface area contributed by atoms with Gasteiger partial charge in [0.15, 0.2) is 5.13 Å². The zero-order valence-corrected chi connectivity index (χ0v) is 13.6. The molecule has 0 radical (unpaired) electrons. The van der Waals surface area contributed by atoms with Crippen molar-refractivity contribution in [3.63, 3.8) is 0 Å². The second-order valence-corrected chi connectivity index (χ2v) is 7.41. The first-order valence-electron chi connectivity index (χ1n) is 6.73. The van der Waals surface area contributed by atoms with Gasteiger partial charge in [-0.15, -0.1) is 11.3 Å². The molecule has 0 aliphatic carbocycles. The summed E-state index contributed by atoms with van der Waals surface area (Å²) >= 11 is 3.88. The Hall–Kier alpha value is -0.300. The molecule has 1 atom stereocenters. The van der Waals surface area contributed by atoms with Crippen LogP contribution in [0.1, 0.15) is 17.5 Å². The van der Waals surface area contributed by atoms with Gasteiger partial charge in [-0.1, -0.05) is 6.92 Å². The molecule has 19 heavy (non-hydrogen) atoms. The maximum absolute atomic E-state index is 5.04. The minimum absolute atomic E-state index is 0.709. The zero-order chi connectivity index (χ0) is 13.7. The van der Waals surface area contributed by atoms with E-state index in [1.165, 1.54) is 15.8 Å². The highest BCUT2D eigenvalue weighted by molar-refractivity contribution is 8.00. The highest BCUT2D eigenvalue weighted by Crippen LogP contribution is 2.29. The summed E-state index contributed by atoms with van der Waals surface area (Å²) in [5, 5.41) is 5.29. The molecule has 108 valence electrons. The van der Waals surface area contributed by atoms with Crippen molar-refractivity contribution >= 4 is 28.2 Å². The number of thiazole rings is 1. The quantitative estimate of drug-likeness (QED) is 0.815. The highest BCUT2D eigenvalue weighted by Gasteiger charge is 2.20. The van der Waals surface area contributed by atoms with Crippen LogP contribution in [0.5, 0.6) is 0 Å². The average Bonchev–Trinajstić information content (AvgIpc) is 2.76. The fraction of sp³-hybridized carbons (Fsp3) is 0.769. The number of rotatable bonds is 6. The SMILES string of the molecule is COCCNCc1sc(N2CCSC(C)C2)nc1C. The van der Waals surface area contributed by atoms with Crippen LogP contribution >= 0.6 is 23.1 Å². The Morgan fingerprint density at radius 3 is 3.11 bits per heavy atom. The van der Waals surface area contributed by atoms with Gasteiger partial charge in [-0.25, -0.2) is 4.98 Å². The molecule has 0 aromatic carbocycles. The third kappa shape index (κ3) is 4.34. The molecule has 1 fully saturated rings. The van der Waals surface area contributed by atoms with E-state index in [0.29, 0.717) is 5.25 Å². The van der Waals surface area contributed by atoms with Crippen LogP contribution in [0.4, 0.5) is 5.13 Å². The van der Waals surface area contributed by atoms with E-state index in [1.54, 1.807) is 7.11 Å². The molecule has 4 nitrogen and oxygen atoms in total. The van der Waals surface area contributed by atoms with Gasteiger partial charge < -0.3 is 15.0 Å². The predicted octanol–water partition coefficient (Wildman–Crippen LogP) is 2.13. The van der Waals surface area contributed by atoms with E-state index in [0.717, 1.165) is 38.5 Å². The van der Waals surface area contributed by atoms with Crippen molar-refractivity contribution < 1.29 is 4.74 Å². The van der Waals surface area contributed by atoms with Crippen LogP contribution < -0.4 is 10.2 Å². The van der Waals surface area contributed by atoms with E-state index in [2.05, 4.69) is 35.8 Å². The summed E-state index contributed by atoms with van der Waals surface area (Å²) in [5.74, 6) is 1.21. The molecule has 1 aromatic rings. The first-order valence-corrected chi connectivity index (χ1v) is 8.59. The number of ether oxygens (including phenoxy) is 1. The van der Waals surface area contributed by atoms with Crippen molar-refractivity contribution in [1.82, 2.24) is 10.3 Å². The van der Waals surface area contributed by atoms with Crippen molar-refractivity contribution in [2.45, 2.75) is 25.6 Å². The molecule has 0 saturated carbocycles. The monoisotopic (exact) mass is 301 g/mol. The van der Waals surface area contributed by atoms with E-state index >= 15 is 0 Å². The largest absolute Gasteiger partial charge is 0.383 e. The normalized spacial score (nSPS) is 19.9. The van der Waals surface area contributed by atoms with E-state index in [-0.39, 0.29) is 0 Å². The fourth-order valence-electron chi connectivity index (χ4n) is 2.08. The number of aryl methyl sites for hydroxylation is 1. The van der Waals surface area contributed by atoms with Gasteiger partial charge in [0.05, 0.1) is 12.3 Å². The van der Waals surface area contributed by atoms with Crippen molar-refractivity contribution in [1.29, 1.82) is 0 Å². The summed E-state index contributed by atoms with van der Waals surface area (Å²) in [7, 11) is 1.73. The van der Waals surface area contributed by atoms with Crippen molar-refractivity contribution in [3.8, 4) is 0 Å². The summed E-state index contributed by atoms with van der Waals surface area (Å²) in [5.41, 5.74) is 1.16. The van der Waals surface area contributed by atoms with Gasteiger partial charge in [-0.2, -0.15) is 11.8 Å². The number of anilines is 1. The molecule has 1 aromatic heterocycles. The molecule has 1 N–H and O–H groups in total. The smallest absolute Gasteiger partial charge is 0.185 e. The van der Waals surface area contributed by atoms with Gasteiger partial charge in [-0.05, 0) is 6.92 Å². The summed E-state index contributed by atoms with van der Waals surface area (Å²) in [4.78, 5) is 8.50. The molecule has 6 heteroatoms. The van der Waals surface area contributed by atoms with E-state index < -0.39 is 0 Å². The summed E-state index contributed by atoms with van der Waals surface area (Å²) in [6, 6.07) is 0. The van der Waals surface area contributed by atoms with Crippen LogP contribution in [-0.4, -0.2) is 49.3 Å². The van der Waals surface area contributed by atoms with Gasteiger partial charge in [0.1, 0.15) is 0 Å². The lowest BCUT2D eigenvalue weighted by atomic mass is 10.4. The number of hydrogen-bond donors (Lipinski definition) is 1. The molecule has 1 unspecified atom stereocenters. The lowest BCUT2D eigenvalue weighted by Crippen LogP contribution is -2.36. The minimum atomic E-state index is 0.709. The van der Waals surface area contributed by atoms with E-state index in [4.69, 9.17) is 9.72 Å². The Kier molecular flexibility index (Phi) is 5.94. The molecule has 2 rings (SSSR count). The Bertz CT molecular complexity index is 397. The van der Waals surface area contributed by atoms with E-state index in [1.807, 2.05) is 11.3 Å². The maximum Gasteiger partial charge on any atom is 0.185 e. The Morgan fingerprint density at radius 2 is 2.37 bits per heavy atom. The number of aromatic nitrogens is 1. The number of hydrogen-bond acceptors (Lipinski definition) is 6. The second-order valence-electron chi connectivity index (χ2n) is 4.80. The topological polar surface area (TPSA) is 37.4 Å². The number of methoxy groups -OCH3 is 1. The van der Waals surface area contributed by atoms with Gasteiger partial charge in [0, 0.05) is 49.2 Å². The third-order valence-corrected chi connectivity index (χ3v) is 5.52. The van der Waals surface area contributed by atoms with E-state index in [9.17, 15) is 0 Å². The lowest BCUT2D eigenvalue weighted by molar-refractivity contribution is 0.199. The first-order chi connectivity index (χ1) is 9.20. The fourth-order valence-corrected chi connectivity index (χ4v) is 4.16. The second kappa shape index (κ2) is 7.47. The zero-order valence-electron chi connectivity index (χ0n) is 11.9. The van der Waals surface area contributed by atoms with Crippen molar-refractivity contribution in [2.24, 2.45) is 0 Å². The third-order valence-electron chi connectivity index (χ3n) is 3.16. The average molecular weight is 301 g/mol. The van der Waals surface area contributed by atoms with Gasteiger partial charge in [-0.3, -0.25) is 0 Å². The molecule has 2 heterocycles. The number of nitrogens with one attached hydrogen (secondary N) is 1. The number of nitrogens with zero attached hydrogens (tertiary/aromatic N) is 2. The van der Waals surface area contributed by atoms with Gasteiger partial charge >= 0.3 is 0 Å². The Morgan fingerprint density at radius 1 is 1.53 bits per heavy atom. The minimum Gasteiger partial charge on any atom is -0.383 e. The summed E-state index contributed by atoms with van der Waals surface area (Å²) in [6.07, 6.45) is 0. The molecule has 0 spiro atoms. The Labute approximate surface area is 123 Å². The molecule has 1 aliphatic rings. The lowest BCUT2D eigenvalue weighted by Gasteiger charge is -2.30. The highest BCUT2D eigenvalue weighted by atomic mass is 32.2. The van der Waals surface area contributed by atoms with Crippen LogP contribution in [-0.2, 0) is 11.3 Å². The maximum atomic E-state index is 5.04. The van der Waals surface area contributed by atoms with Crippen LogP contribution in [0.25, 0.3) is 0 Å². The molecular formula is C13H23N3OS2. The standard InChI is InChI=1S/C13H23N3OS2/c1-10-9-16(5-7-18-10)13-15-11(2)12(19-13)8-14-4-6-17-3/h10,14H,4-9H2,1-3H3. The summed E-state index contributed by atoms with van der Waals surface area (Å²) in [6.45, 7) is 9.18. The van der Waals surface area contributed by atoms with Crippen LogP contribution in [0.3, 0.4) is 0 Å². The summed E-state index contributed by atoms with van der Waals surface area (Å²) < 4.78 is 5.04. The van der Waals surface area contributed by atoms with Crippen molar-refractivity contribution in [3.05, 3.63) is 10.6 Å². The molecule has 1 saturated heterocycles. The molecule has 1 aliphatic heterocycles. The van der Waals surface area contributed by atoms with Crippen LogP contribution in [0.15, 0.2) is 0 Å². The molecular weight excluding hydrogens is 278 g/mol. The Balaban J connectivity index is 1.92. The first kappa shape index (κ1) is 15.1. The van der Waals surface area contributed by atoms with Crippen LogP contribution in [0, 0.1) is 6.92 Å². The molecule has 0 bridgehead atoms. The number of thioether (sulfide) groups is 1. The molecule has 0 amide bonds. The van der Waals surface area contributed by atoms with Gasteiger partial charge in [0.2, 0.25) is 0 Å². The van der Waals surface area contributed by atoms with Crippen molar-refractivity contribution in [2.75, 3.05) is 44.0 Å². The van der Waals surface area contributed by atoms with Gasteiger partial charge in [0.25, 0.3) is 0 Å². The van der Waals surface area contributed by atoms with Crippen LogP contribution in [0.2, 0.25) is 0 Å².